The van der Waals surface area contributed by atoms with Gasteiger partial charge in [-0.05, 0) is 73.1 Å². The highest BCUT2D eigenvalue weighted by Gasteiger charge is 2.48. The van der Waals surface area contributed by atoms with Crippen LogP contribution in [-0.2, 0) is 11.2 Å². The zero-order chi connectivity index (χ0) is 28.7. The minimum absolute atomic E-state index is 0.129. The van der Waals surface area contributed by atoms with Gasteiger partial charge in [-0.3, -0.25) is 9.79 Å². The van der Waals surface area contributed by atoms with E-state index in [9.17, 15) is 9.90 Å². The number of fused-ring (bicyclic) bond motifs is 4. The third-order valence-corrected chi connectivity index (χ3v) is 8.68. The van der Waals surface area contributed by atoms with Gasteiger partial charge < -0.3 is 28.8 Å². The van der Waals surface area contributed by atoms with E-state index in [1.165, 1.54) is 11.1 Å². The van der Waals surface area contributed by atoms with Crippen LogP contribution in [0.5, 0.6) is 28.7 Å². The van der Waals surface area contributed by atoms with E-state index in [1.807, 2.05) is 24.3 Å². The highest BCUT2D eigenvalue weighted by atomic mass is 16.7. The molecule has 214 valence electrons. The number of carboxylic acids is 1. The van der Waals surface area contributed by atoms with Crippen molar-refractivity contribution in [1.29, 1.82) is 0 Å². The molecule has 0 aromatic heterocycles. The molecule has 0 saturated heterocycles. The molecule has 1 N–H and O–H groups in total. The summed E-state index contributed by atoms with van der Waals surface area (Å²) in [6, 6.07) is 16.2. The molecule has 3 aliphatic rings. The lowest BCUT2D eigenvalue weighted by molar-refractivity contribution is -0.143. The van der Waals surface area contributed by atoms with Crippen LogP contribution in [0.3, 0.4) is 0 Å². The zero-order valence-corrected chi connectivity index (χ0v) is 23.8. The summed E-state index contributed by atoms with van der Waals surface area (Å²) >= 11 is 0. The average Bonchev–Trinajstić information content (AvgIpc) is 3.34. The van der Waals surface area contributed by atoms with E-state index in [2.05, 4.69) is 31.2 Å². The lowest BCUT2D eigenvalue weighted by Gasteiger charge is -2.39. The number of carboxylic acid groups (broad SMARTS) is 1. The van der Waals surface area contributed by atoms with E-state index in [1.54, 1.807) is 21.3 Å². The predicted octanol–water partition coefficient (Wildman–Crippen LogP) is 5.65. The van der Waals surface area contributed by atoms with Gasteiger partial charge in [0.05, 0.1) is 27.2 Å². The fraction of sp³-hybridized carbons (Fsp3) is 0.394. The van der Waals surface area contributed by atoms with E-state index in [0.717, 1.165) is 41.7 Å². The molecule has 0 bridgehead atoms. The largest absolute Gasteiger partial charge is 0.493 e. The fourth-order valence-electron chi connectivity index (χ4n) is 6.76. The van der Waals surface area contributed by atoms with E-state index < -0.39 is 17.8 Å². The van der Waals surface area contributed by atoms with Crippen LogP contribution in [0.15, 0.2) is 53.5 Å². The Kier molecular flexibility index (Phi) is 7.24. The van der Waals surface area contributed by atoms with Crippen molar-refractivity contribution in [3.8, 4) is 28.7 Å². The van der Waals surface area contributed by atoms with Gasteiger partial charge in [0.2, 0.25) is 12.5 Å². The first-order chi connectivity index (χ1) is 19.9. The Morgan fingerprint density at radius 2 is 1.66 bits per heavy atom. The number of benzene rings is 3. The second-order valence-corrected chi connectivity index (χ2v) is 11.0. The summed E-state index contributed by atoms with van der Waals surface area (Å²) in [6.07, 6.45) is 2.50. The van der Waals surface area contributed by atoms with Crippen molar-refractivity contribution in [2.24, 2.45) is 22.7 Å². The van der Waals surface area contributed by atoms with Gasteiger partial charge in [-0.2, -0.15) is 0 Å². The number of carbonyl (C=O) groups is 1. The molecule has 0 spiro atoms. The summed E-state index contributed by atoms with van der Waals surface area (Å²) in [6.45, 7) is 2.86. The molecular formula is C33H35NO7. The fourth-order valence-corrected chi connectivity index (χ4v) is 6.76. The molecule has 1 aliphatic carbocycles. The number of aryl methyl sites for hydroxylation is 1. The quantitative estimate of drug-likeness (QED) is 0.401. The number of hydrogen-bond acceptors (Lipinski definition) is 7. The molecule has 0 amide bonds. The average molecular weight is 558 g/mol. The van der Waals surface area contributed by atoms with Crippen LogP contribution in [0.1, 0.15) is 46.6 Å². The first-order valence-corrected chi connectivity index (χ1v) is 14.0. The molecule has 8 nitrogen and oxygen atoms in total. The van der Waals surface area contributed by atoms with Crippen molar-refractivity contribution in [1.82, 2.24) is 0 Å². The molecule has 3 aromatic carbocycles. The highest BCUT2D eigenvalue weighted by Crippen LogP contribution is 2.52. The second-order valence-electron chi connectivity index (χ2n) is 11.0. The van der Waals surface area contributed by atoms with Crippen molar-refractivity contribution in [3.63, 3.8) is 0 Å². The number of ether oxygens (including phenoxy) is 5. The van der Waals surface area contributed by atoms with Gasteiger partial charge in [-0.15, -0.1) is 0 Å². The lowest BCUT2D eigenvalue weighted by atomic mass is 9.63. The molecule has 3 aromatic rings. The first-order valence-electron chi connectivity index (χ1n) is 14.0. The summed E-state index contributed by atoms with van der Waals surface area (Å²) in [5.74, 6) is 0.554. The Morgan fingerprint density at radius 1 is 0.976 bits per heavy atom. The normalized spacial score (nSPS) is 22.6. The molecule has 0 unspecified atom stereocenters. The molecule has 41 heavy (non-hydrogen) atoms. The highest BCUT2D eigenvalue weighted by molar-refractivity contribution is 6.08. The van der Waals surface area contributed by atoms with Gasteiger partial charge in [0.25, 0.3) is 0 Å². The molecule has 0 radical (unpaired) electrons. The van der Waals surface area contributed by atoms with Crippen molar-refractivity contribution < 1.29 is 33.6 Å². The maximum Gasteiger partial charge on any atom is 0.308 e. The number of methoxy groups -OCH3 is 3. The Bertz CT molecular complexity index is 1470. The molecular weight excluding hydrogens is 522 g/mol. The third kappa shape index (κ3) is 4.85. The number of nitrogens with zero attached hydrogens (tertiary/aromatic N) is 1. The molecule has 0 fully saturated rings. The van der Waals surface area contributed by atoms with E-state index in [4.69, 9.17) is 28.7 Å². The van der Waals surface area contributed by atoms with E-state index >= 15 is 0 Å². The summed E-state index contributed by atoms with van der Waals surface area (Å²) < 4.78 is 28.4. The van der Waals surface area contributed by atoms with Crippen LogP contribution >= 0.6 is 0 Å². The number of rotatable bonds is 7. The molecule has 2 heterocycles. The van der Waals surface area contributed by atoms with Crippen LogP contribution in [0.2, 0.25) is 0 Å². The van der Waals surface area contributed by atoms with Gasteiger partial charge in [0, 0.05) is 29.7 Å². The van der Waals surface area contributed by atoms with Gasteiger partial charge >= 0.3 is 5.97 Å². The smallest absolute Gasteiger partial charge is 0.308 e. The third-order valence-electron chi connectivity index (χ3n) is 8.68. The van der Waals surface area contributed by atoms with E-state index in [0.29, 0.717) is 41.2 Å². The van der Waals surface area contributed by atoms with Crippen LogP contribution < -0.4 is 23.7 Å². The van der Waals surface area contributed by atoms with Crippen molar-refractivity contribution >= 4 is 11.7 Å². The van der Waals surface area contributed by atoms with Crippen molar-refractivity contribution in [2.45, 2.75) is 32.1 Å². The van der Waals surface area contributed by atoms with Crippen LogP contribution in [0.25, 0.3) is 0 Å². The molecule has 4 atom stereocenters. The topological polar surface area (TPSA) is 95.8 Å². The summed E-state index contributed by atoms with van der Waals surface area (Å²) in [4.78, 5) is 18.3. The maximum absolute atomic E-state index is 13.3. The number of aliphatic imine (C=N–C) groups is 1. The molecule has 0 saturated carbocycles. The monoisotopic (exact) mass is 557 g/mol. The van der Waals surface area contributed by atoms with Crippen LogP contribution in [-0.4, -0.2) is 51.5 Å². The lowest BCUT2D eigenvalue weighted by Crippen LogP contribution is -2.41. The summed E-state index contributed by atoms with van der Waals surface area (Å²) in [7, 11) is 4.68. The van der Waals surface area contributed by atoms with E-state index in [-0.39, 0.29) is 12.7 Å². The number of hydrogen-bond donors (Lipinski definition) is 1. The zero-order valence-electron chi connectivity index (χ0n) is 23.8. The molecule has 2 aliphatic heterocycles. The SMILES string of the molecule is COc1cc([C@@H]2c3cc4c(cc3C3=NCC[C@@H](Cc5ccc(C)cc5)C[C@H]3[C@@H]2C(=O)O)OCO4)cc(OC)c1OC. The van der Waals surface area contributed by atoms with Gasteiger partial charge in [-0.1, -0.05) is 29.8 Å². The minimum atomic E-state index is -0.860. The molecule has 8 heteroatoms. The van der Waals surface area contributed by atoms with Crippen LogP contribution in [0, 0.1) is 24.7 Å². The predicted molar refractivity (Wildman–Crippen MR) is 154 cm³/mol. The maximum atomic E-state index is 13.3. The van der Waals surface area contributed by atoms with Gasteiger partial charge in [0.15, 0.2) is 23.0 Å². The minimum Gasteiger partial charge on any atom is -0.493 e. The summed E-state index contributed by atoms with van der Waals surface area (Å²) in [5.41, 5.74) is 5.87. The Labute approximate surface area is 239 Å². The van der Waals surface area contributed by atoms with Crippen molar-refractivity contribution in [2.75, 3.05) is 34.7 Å². The Balaban J connectivity index is 1.50. The van der Waals surface area contributed by atoms with Gasteiger partial charge in [0.1, 0.15) is 0 Å². The molecule has 6 rings (SSSR count). The van der Waals surface area contributed by atoms with Crippen molar-refractivity contribution in [3.05, 3.63) is 76.3 Å². The summed E-state index contributed by atoms with van der Waals surface area (Å²) in [5, 5.41) is 10.9. The van der Waals surface area contributed by atoms with Gasteiger partial charge in [-0.25, -0.2) is 0 Å². The Morgan fingerprint density at radius 3 is 2.29 bits per heavy atom. The number of aliphatic carboxylic acids is 1. The second kappa shape index (κ2) is 11.0. The Hall–Kier alpha value is -4.20. The van der Waals surface area contributed by atoms with Crippen LogP contribution in [0.4, 0.5) is 0 Å². The standard InChI is InChI=1S/C33H35NO7/c1-18-5-7-19(8-6-18)11-20-9-10-34-31-23-16-26-25(40-17-41-26)15-22(23)29(30(33(35)36)24(31)12-20)21-13-27(37-2)32(39-4)28(14-21)38-3/h5-8,13-16,20,24,29-30H,9-12,17H2,1-4H3,(H,35,36)/t20-,24-,29+,30-/m0/s1. The first kappa shape index (κ1) is 27.0.